The maximum Gasteiger partial charge on any atom is 0.0762 e. The quantitative estimate of drug-likeness (QED) is 0.808. The van der Waals surface area contributed by atoms with Crippen molar-refractivity contribution in [2.24, 2.45) is 0 Å². The standard InChI is InChI=1S/C14H28N4/c1-7-12(2)18-9-8-13(16-18)10-15-11-14(3,4)17(5)6/h8-9,12,15H,7,10-11H2,1-6H3. The van der Waals surface area contributed by atoms with E-state index in [4.69, 9.17) is 0 Å². The molecule has 0 spiro atoms. The largest absolute Gasteiger partial charge is 0.309 e. The van der Waals surface area contributed by atoms with Crippen LogP contribution in [-0.4, -0.2) is 40.9 Å². The van der Waals surface area contributed by atoms with Crippen molar-refractivity contribution in [2.45, 2.75) is 52.2 Å². The fourth-order valence-electron chi connectivity index (χ4n) is 1.56. The molecule has 0 aliphatic carbocycles. The molecule has 1 N–H and O–H groups in total. The van der Waals surface area contributed by atoms with Crippen LogP contribution < -0.4 is 5.32 Å². The highest BCUT2D eigenvalue weighted by molar-refractivity contribution is 4.99. The first-order chi connectivity index (χ1) is 8.36. The molecule has 4 heteroatoms. The van der Waals surface area contributed by atoms with E-state index in [0.29, 0.717) is 6.04 Å². The second-order valence-electron chi connectivity index (χ2n) is 5.85. The Bertz CT molecular complexity index is 354. The summed E-state index contributed by atoms with van der Waals surface area (Å²) >= 11 is 0. The van der Waals surface area contributed by atoms with Crippen LogP contribution in [0.5, 0.6) is 0 Å². The molecule has 0 aliphatic heterocycles. The molecule has 0 saturated carbocycles. The number of likely N-dealkylation sites (N-methyl/N-ethyl adjacent to an activating group) is 1. The van der Waals surface area contributed by atoms with E-state index in [1.165, 1.54) is 0 Å². The van der Waals surface area contributed by atoms with Crippen LogP contribution in [0.4, 0.5) is 0 Å². The van der Waals surface area contributed by atoms with Crippen molar-refractivity contribution in [3.05, 3.63) is 18.0 Å². The van der Waals surface area contributed by atoms with Gasteiger partial charge in [-0.1, -0.05) is 6.92 Å². The molecule has 1 heterocycles. The molecule has 0 fully saturated rings. The molecule has 4 nitrogen and oxygen atoms in total. The molecule has 0 aliphatic rings. The van der Waals surface area contributed by atoms with Crippen molar-refractivity contribution in [2.75, 3.05) is 20.6 Å². The van der Waals surface area contributed by atoms with E-state index in [1.807, 2.05) is 4.68 Å². The zero-order valence-corrected chi connectivity index (χ0v) is 12.7. The third-order valence-electron chi connectivity index (χ3n) is 3.78. The average molecular weight is 252 g/mol. The molecule has 1 atom stereocenters. The van der Waals surface area contributed by atoms with Gasteiger partial charge in [0.05, 0.1) is 5.69 Å². The van der Waals surface area contributed by atoms with Crippen molar-refractivity contribution >= 4 is 0 Å². The van der Waals surface area contributed by atoms with Crippen LogP contribution in [0.15, 0.2) is 12.3 Å². The minimum atomic E-state index is 0.166. The molecule has 1 aromatic heterocycles. The van der Waals surface area contributed by atoms with Gasteiger partial charge in [-0.05, 0) is 47.4 Å². The Morgan fingerprint density at radius 2 is 2.11 bits per heavy atom. The molecule has 0 saturated heterocycles. The summed E-state index contributed by atoms with van der Waals surface area (Å²) in [6.07, 6.45) is 3.18. The van der Waals surface area contributed by atoms with Gasteiger partial charge in [0, 0.05) is 30.9 Å². The number of aromatic nitrogens is 2. The van der Waals surface area contributed by atoms with Crippen molar-refractivity contribution in [3.8, 4) is 0 Å². The zero-order chi connectivity index (χ0) is 13.8. The summed E-state index contributed by atoms with van der Waals surface area (Å²) < 4.78 is 2.05. The molecule has 18 heavy (non-hydrogen) atoms. The highest BCUT2D eigenvalue weighted by Gasteiger charge is 2.19. The Hall–Kier alpha value is -0.870. The van der Waals surface area contributed by atoms with E-state index in [1.54, 1.807) is 0 Å². The molecule has 1 unspecified atom stereocenters. The molecular formula is C14H28N4. The lowest BCUT2D eigenvalue weighted by Crippen LogP contribution is -2.46. The van der Waals surface area contributed by atoms with Gasteiger partial charge >= 0.3 is 0 Å². The van der Waals surface area contributed by atoms with Gasteiger partial charge in [-0.2, -0.15) is 5.10 Å². The van der Waals surface area contributed by atoms with Crippen LogP contribution >= 0.6 is 0 Å². The fourth-order valence-corrected chi connectivity index (χ4v) is 1.56. The van der Waals surface area contributed by atoms with Crippen LogP contribution in [0.1, 0.15) is 45.9 Å². The number of hydrogen-bond acceptors (Lipinski definition) is 3. The number of nitrogens with zero attached hydrogens (tertiary/aromatic N) is 3. The maximum absolute atomic E-state index is 4.59. The molecule has 1 aromatic rings. The van der Waals surface area contributed by atoms with E-state index in [-0.39, 0.29) is 5.54 Å². The summed E-state index contributed by atoms with van der Waals surface area (Å²) in [5, 5.41) is 8.06. The van der Waals surface area contributed by atoms with E-state index in [0.717, 1.165) is 25.2 Å². The molecule has 0 amide bonds. The number of rotatable bonds is 7. The topological polar surface area (TPSA) is 33.1 Å². The smallest absolute Gasteiger partial charge is 0.0762 e. The third kappa shape index (κ3) is 4.10. The van der Waals surface area contributed by atoms with E-state index < -0.39 is 0 Å². The second-order valence-corrected chi connectivity index (χ2v) is 5.85. The predicted molar refractivity (Wildman–Crippen MR) is 76.7 cm³/mol. The Labute approximate surface area is 111 Å². The van der Waals surface area contributed by atoms with Gasteiger partial charge < -0.3 is 10.2 Å². The summed E-state index contributed by atoms with van der Waals surface area (Å²) in [4.78, 5) is 2.23. The number of hydrogen-bond donors (Lipinski definition) is 1. The van der Waals surface area contributed by atoms with Gasteiger partial charge in [0.15, 0.2) is 0 Å². The summed E-state index contributed by atoms with van der Waals surface area (Å²) in [5.74, 6) is 0. The van der Waals surface area contributed by atoms with Gasteiger partial charge in [0.25, 0.3) is 0 Å². The fraction of sp³-hybridized carbons (Fsp3) is 0.786. The van der Waals surface area contributed by atoms with E-state index in [2.05, 4.69) is 69.4 Å². The first-order valence-corrected chi connectivity index (χ1v) is 6.79. The summed E-state index contributed by atoms with van der Waals surface area (Å²) in [6.45, 7) is 10.6. The lowest BCUT2D eigenvalue weighted by Gasteiger charge is -2.32. The highest BCUT2D eigenvalue weighted by Crippen LogP contribution is 2.10. The van der Waals surface area contributed by atoms with Crippen molar-refractivity contribution in [3.63, 3.8) is 0 Å². The first-order valence-electron chi connectivity index (χ1n) is 6.79. The van der Waals surface area contributed by atoms with Crippen molar-refractivity contribution in [1.82, 2.24) is 20.0 Å². The summed E-state index contributed by atoms with van der Waals surface area (Å²) in [6, 6.07) is 2.58. The Kier molecular flexibility index (Phi) is 5.35. The van der Waals surface area contributed by atoms with Gasteiger partial charge in [-0.15, -0.1) is 0 Å². The van der Waals surface area contributed by atoms with Gasteiger partial charge in [-0.25, -0.2) is 0 Å². The summed E-state index contributed by atoms with van der Waals surface area (Å²) in [5.41, 5.74) is 1.28. The first kappa shape index (κ1) is 15.2. The lowest BCUT2D eigenvalue weighted by molar-refractivity contribution is 0.189. The molecule has 0 aromatic carbocycles. The Morgan fingerprint density at radius 3 is 2.67 bits per heavy atom. The lowest BCUT2D eigenvalue weighted by atomic mass is 10.0. The van der Waals surface area contributed by atoms with Crippen LogP contribution in [0, 0.1) is 0 Å². The highest BCUT2D eigenvalue weighted by atomic mass is 15.3. The molecular weight excluding hydrogens is 224 g/mol. The van der Waals surface area contributed by atoms with Gasteiger partial charge in [0.2, 0.25) is 0 Å². The predicted octanol–water partition coefficient (Wildman–Crippen LogP) is 2.28. The monoisotopic (exact) mass is 252 g/mol. The Balaban J connectivity index is 2.43. The minimum absolute atomic E-state index is 0.166. The minimum Gasteiger partial charge on any atom is -0.309 e. The van der Waals surface area contributed by atoms with Crippen molar-refractivity contribution < 1.29 is 0 Å². The summed E-state index contributed by atoms with van der Waals surface area (Å²) in [7, 11) is 4.22. The van der Waals surface area contributed by atoms with E-state index in [9.17, 15) is 0 Å². The molecule has 104 valence electrons. The normalized spacial score (nSPS) is 14.2. The number of nitrogens with one attached hydrogen (secondary N) is 1. The van der Waals surface area contributed by atoms with Crippen LogP contribution in [-0.2, 0) is 6.54 Å². The maximum atomic E-state index is 4.59. The van der Waals surface area contributed by atoms with Crippen molar-refractivity contribution in [1.29, 1.82) is 0 Å². The third-order valence-corrected chi connectivity index (χ3v) is 3.78. The van der Waals surface area contributed by atoms with Crippen LogP contribution in [0.2, 0.25) is 0 Å². The SMILES string of the molecule is CCC(C)n1ccc(CNCC(C)(C)N(C)C)n1. The van der Waals surface area contributed by atoms with Crippen LogP contribution in [0.3, 0.4) is 0 Å². The zero-order valence-electron chi connectivity index (χ0n) is 12.7. The van der Waals surface area contributed by atoms with Gasteiger partial charge in [-0.3, -0.25) is 4.68 Å². The molecule has 0 bridgehead atoms. The van der Waals surface area contributed by atoms with Gasteiger partial charge in [0.1, 0.15) is 0 Å². The van der Waals surface area contributed by atoms with Crippen LogP contribution in [0.25, 0.3) is 0 Å². The average Bonchev–Trinajstić information content (AvgIpc) is 2.76. The second kappa shape index (κ2) is 6.34. The molecule has 0 radical (unpaired) electrons. The molecule has 1 rings (SSSR count). The van der Waals surface area contributed by atoms with E-state index >= 15 is 0 Å². The Morgan fingerprint density at radius 1 is 1.44 bits per heavy atom.